The van der Waals surface area contributed by atoms with Gasteiger partial charge in [-0.25, -0.2) is 13.1 Å². The van der Waals surface area contributed by atoms with Crippen LogP contribution in [0.3, 0.4) is 0 Å². The Hall–Kier alpha value is -1.70. The molecule has 1 N–H and O–H groups in total. The molecule has 0 fully saturated rings. The second-order valence-electron chi connectivity index (χ2n) is 6.93. The molecule has 3 rings (SSSR count). The molecule has 1 aliphatic rings. The zero-order valence-electron chi connectivity index (χ0n) is 14.4. The fourth-order valence-electron chi connectivity index (χ4n) is 3.02. The summed E-state index contributed by atoms with van der Waals surface area (Å²) in [5.74, 6) is 0. The van der Waals surface area contributed by atoms with Gasteiger partial charge in [-0.15, -0.1) is 0 Å². The van der Waals surface area contributed by atoms with Gasteiger partial charge in [0.2, 0.25) is 10.0 Å². The molecule has 0 radical (unpaired) electrons. The van der Waals surface area contributed by atoms with Crippen LogP contribution in [-0.4, -0.2) is 41.7 Å². The predicted molar refractivity (Wildman–Crippen MR) is 93.0 cm³/mol. The van der Waals surface area contributed by atoms with E-state index in [9.17, 15) is 8.42 Å². The lowest BCUT2D eigenvalue weighted by Crippen LogP contribution is -2.53. The number of aryl methyl sites for hydroxylation is 1. The zero-order valence-corrected chi connectivity index (χ0v) is 15.2. The Bertz CT molecular complexity index is 827. The first-order valence-electron chi connectivity index (χ1n) is 8.08. The topological polar surface area (TPSA) is 67.2 Å². The Morgan fingerprint density at radius 1 is 1.25 bits per heavy atom. The number of hydrogen-bond donors (Lipinski definition) is 1. The molecular formula is C17H24N4O2S. The smallest absolute Gasteiger partial charge is 0.243 e. The summed E-state index contributed by atoms with van der Waals surface area (Å²) >= 11 is 0. The van der Waals surface area contributed by atoms with E-state index in [1.54, 1.807) is 7.05 Å². The normalized spacial score (nSPS) is 16.1. The van der Waals surface area contributed by atoms with Gasteiger partial charge in [-0.3, -0.25) is 9.58 Å². The molecule has 0 unspecified atom stereocenters. The Labute approximate surface area is 143 Å². The second-order valence-corrected chi connectivity index (χ2v) is 8.69. The Balaban J connectivity index is 1.68. The molecule has 0 spiro atoms. The molecular weight excluding hydrogens is 324 g/mol. The first kappa shape index (κ1) is 17.1. The number of benzene rings is 1. The molecule has 130 valence electrons. The van der Waals surface area contributed by atoms with Crippen LogP contribution in [0.2, 0.25) is 0 Å². The van der Waals surface area contributed by atoms with Crippen molar-refractivity contribution in [3.63, 3.8) is 0 Å². The summed E-state index contributed by atoms with van der Waals surface area (Å²) in [6.45, 7) is 6.28. The summed E-state index contributed by atoms with van der Waals surface area (Å²) in [6, 6.07) is 8.45. The molecule has 1 aromatic carbocycles. The van der Waals surface area contributed by atoms with Gasteiger partial charge < -0.3 is 0 Å². The van der Waals surface area contributed by atoms with E-state index < -0.39 is 10.0 Å². The van der Waals surface area contributed by atoms with E-state index in [0.29, 0.717) is 6.54 Å². The number of nitrogens with one attached hydrogen (secondary N) is 1. The molecule has 0 bridgehead atoms. The van der Waals surface area contributed by atoms with E-state index in [2.05, 4.69) is 52.8 Å². The van der Waals surface area contributed by atoms with Gasteiger partial charge in [0, 0.05) is 38.4 Å². The minimum absolute atomic E-state index is 0.199. The van der Waals surface area contributed by atoms with Crippen LogP contribution >= 0.6 is 0 Å². The maximum Gasteiger partial charge on any atom is 0.243 e. The number of fused-ring (bicyclic) bond motifs is 1. The fourth-order valence-corrected chi connectivity index (χ4v) is 4.20. The van der Waals surface area contributed by atoms with Gasteiger partial charge in [0.1, 0.15) is 4.90 Å². The summed E-state index contributed by atoms with van der Waals surface area (Å²) < 4.78 is 29.0. The molecule has 2 heterocycles. The summed E-state index contributed by atoms with van der Waals surface area (Å²) in [4.78, 5) is 2.53. The van der Waals surface area contributed by atoms with Crippen molar-refractivity contribution in [2.75, 3.05) is 13.1 Å². The highest BCUT2D eigenvalue weighted by Crippen LogP contribution is 2.25. The zero-order chi connectivity index (χ0) is 17.4. The Morgan fingerprint density at radius 2 is 1.96 bits per heavy atom. The predicted octanol–water partition coefficient (Wildman–Crippen LogP) is 1.54. The minimum atomic E-state index is -3.53. The molecule has 1 aromatic heterocycles. The number of hydrogen-bond acceptors (Lipinski definition) is 4. The van der Waals surface area contributed by atoms with Gasteiger partial charge >= 0.3 is 0 Å². The molecule has 0 saturated carbocycles. The van der Waals surface area contributed by atoms with Crippen molar-refractivity contribution in [3.8, 4) is 0 Å². The van der Waals surface area contributed by atoms with Crippen molar-refractivity contribution >= 4 is 10.0 Å². The van der Waals surface area contributed by atoms with E-state index >= 15 is 0 Å². The molecule has 0 amide bonds. The van der Waals surface area contributed by atoms with Crippen molar-refractivity contribution in [1.29, 1.82) is 0 Å². The van der Waals surface area contributed by atoms with Crippen LogP contribution in [0.4, 0.5) is 0 Å². The van der Waals surface area contributed by atoms with Crippen molar-refractivity contribution < 1.29 is 8.42 Å². The highest BCUT2D eigenvalue weighted by atomic mass is 32.2. The first-order chi connectivity index (χ1) is 11.3. The van der Waals surface area contributed by atoms with Crippen LogP contribution in [0, 0.1) is 0 Å². The van der Waals surface area contributed by atoms with Crippen molar-refractivity contribution in [2.24, 2.45) is 7.05 Å². The molecule has 6 nitrogen and oxygen atoms in total. The standard InChI is InChI=1S/C17H24N4O2S/c1-17(2,13-19-24(22,23)16-10-18-20(3)12-16)21-9-8-14-6-4-5-7-15(14)11-21/h4-7,10,12,19H,8-9,11,13H2,1-3H3. The van der Waals surface area contributed by atoms with Crippen molar-refractivity contribution in [3.05, 3.63) is 47.8 Å². The Morgan fingerprint density at radius 3 is 2.62 bits per heavy atom. The van der Waals surface area contributed by atoms with E-state index in [-0.39, 0.29) is 10.4 Å². The third-order valence-corrected chi connectivity index (χ3v) is 6.03. The SMILES string of the molecule is Cn1cc(S(=O)(=O)NCC(C)(C)N2CCc3ccccc3C2)cn1. The van der Waals surface area contributed by atoms with Gasteiger partial charge in [0.05, 0.1) is 6.20 Å². The Kier molecular flexibility index (Phi) is 4.50. The van der Waals surface area contributed by atoms with E-state index in [0.717, 1.165) is 19.5 Å². The highest BCUT2D eigenvalue weighted by molar-refractivity contribution is 7.89. The van der Waals surface area contributed by atoms with Gasteiger partial charge in [0.25, 0.3) is 0 Å². The van der Waals surface area contributed by atoms with Crippen LogP contribution in [0.1, 0.15) is 25.0 Å². The lowest BCUT2D eigenvalue weighted by atomic mass is 9.94. The molecule has 7 heteroatoms. The van der Waals surface area contributed by atoms with E-state index in [4.69, 9.17) is 0 Å². The third kappa shape index (κ3) is 3.53. The number of aromatic nitrogens is 2. The molecule has 0 atom stereocenters. The second kappa shape index (κ2) is 6.31. The quantitative estimate of drug-likeness (QED) is 0.890. The fraction of sp³-hybridized carbons (Fsp3) is 0.471. The van der Waals surface area contributed by atoms with Crippen LogP contribution < -0.4 is 4.72 Å². The van der Waals surface area contributed by atoms with Gasteiger partial charge in [-0.05, 0) is 31.4 Å². The average Bonchev–Trinajstić information content (AvgIpc) is 3.00. The molecule has 2 aromatic rings. The van der Waals surface area contributed by atoms with Crippen LogP contribution in [0.15, 0.2) is 41.6 Å². The number of rotatable bonds is 5. The average molecular weight is 348 g/mol. The van der Waals surface area contributed by atoms with Gasteiger partial charge in [-0.2, -0.15) is 5.10 Å². The van der Waals surface area contributed by atoms with Gasteiger partial charge in [-0.1, -0.05) is 24.3 Å². The first-order valence-corrected chi connectivity index (χ1v) is 9.56. The van der Waals surface area contributed by atoms with Gasteiger partial charge in [0.15, 0.2) is 0 Å². The number of nitrogens with zero attached hydrogens (tertiary/aromatic N) is 3. The molecule has 1 aliphatic heterocycles. The van der Waals surface area contributed by atoms with E-state index in [1.165, 1.54) is 28.2 Å². The minimum Gasteiger partial charge on any atom is -0.292 e. The third-order valence-electron chi connectivity index (χ3n) is 4.67. The lowest BCUT2D eigenvalue weighted by molar-refractivity contribution is 0.108. The largest absolute Gasteiger partial charge is 0.292 e. The monoisotopic (exact) mass is 348 g/mol. The van der Waals surface area contributed by atoms with Crippen LogP contribution in [0.5, 0.6) is 0 Å². The molecule has 0 aliphatic carbocycles. The van der Waals surface area contributed by atoms with Crippen LogP contribution in [-0.2, 0) is 30.0 Å². The maximum absolute atomic E-state index is 12.4. The summed E-state index contributed by atoms with van der Waals surface area (Å²) in [6.07, 6.45) is 3.87. The van der Waals surface area contributed by atoms with E-state index in [1.807, 2.05) is 0 Å². The maximum atomic E-state index is 12.4. The summed E-state index contributed by atoms with van der Waals surface area (Å²) in [5, 5.41) is 3.93. The summed E-state index contributed by atoms with van der Waals surface area (Å²) in [5.41, 5.74) is 2.44. The lowest BCUT2D eigenvalue weighted by Gasteiger charge is -2.41. The van der Waals surface area contributed by atoms with Crippen molar-refractivity contribution in [1.82, 2.24) is 19.4 Å². The van der Waals surface area contributed by atoms with Crippen molar-refractivity contribution in [2.45, 2.75) is 37.2 Å². The highest BCUT2D eigenvalue weighted by Gasteiger charge is 2.31. The molecule has 24 heavy (non-hydrogen) atoms. The van der Waals surface area contributed by atoms with Crippen LogP contribution in [0.25, 0.3) is 0 Å². The summed E-state index contributed by atoms with van der Waals surface area (Å²) in [7, 11) is -1.83. The number of sulfonamides is 1. The molecule has 0 saturated heterocycles.